The second-order valence-corrected chi connectivity index (χ2v) is 7.68. The maximum atomic E-state index is 12.6. The number of rotatable bonds is 6. The fraction of sp³-hybridized carbons (Fsp3) is 0.318. The molecule has 166 valence electrons. The number of anilines is 1. The predicted molar refractivity (Wildman–Crippen MR) is 116 cm³/mol. The second kappa shape index (κ2) is 8.29. The maximum absolute atomic E-state index is 12.6. The number of carbonyl (C=O) groups is 2. The minimum Gasteiger partial charge on any atom is -0.493 e. The molecular formula is C22H24N6O4. The Morgan fingerprint density at radius 2 is 1.91 bits per heavy atom. The molecule has 1 aromatic carbocycles. The number of methoxy groups -OCH3 is 1. The SMILES string of the molecule is COc1cc([C@@H]2CC(=O)Nc3c2c(C)nn3-c2nc(C)cc(C)n2)ccc1OCC(N)=O. The first-order valence-electron chi connectivity index (χ1n) is 10.1. The van der Waals surface area contributed by atoms with Gasteiger partial charge in [0, 0.05) is 29.3 Å². The molecule has 32 heavy (non-hydrogen) atoms. The van der Waals surface area contributed by atoms with Gasteiger partial charge in [-0.3, -0.25) is 9.59 Å². The number of nitrogens with zero attached hydrogens (tertiary/aromatic N) is 4. The zero-order valence-corrected chi connectivity index (χ0v) is 18.3. The van der Waals surface area contributed by atoms with Crippen molar-refractivity contribution in [2.75, 3.05) is 19.0 Å². The van der Waals surface area contributed by atoms with Gasteiger partial charge in [0.1, 0.15) is 5.82 Å². The molecular weight excluding hydrogens is 412 g/mol. The van der Waals surface area contributed by atoms with Crippen molar-refractivity contribution in [1.29, 1.82) is 0 Å². The van der Waals surface area contributed by atoms with Crippen LogP contribution in [-0.4, -0.2) is 45.3 Å². The highest BCUT2D eigenvalue weighted by molar-refractivity contribution is 5.95. The summed E-state index contributed by atoms with van der Waals surface area (Å²) in [5, 5.41) is 7.57. The minimum absolute atomic E-state index is 0.138. The number of fused-ring (bicyclic) bond motifs is 1. The first-order chi connectivity index (χ1) is 15.3. The first-order valence-corrected chi connectivity index (χ1v) is 10.1. The molecule has 1 atom stereocenters. The summed E-state index contributed by atoms with van der Waals surface area (Å²) in [7, 11) is 1.51. The minimum atomic E-state index is -0.582. The molecule has 2 aromatic heterocycles. The van der Waals surface area contributed by atoms with Gasteiger partial charge >= 0.3 is 0 Å². The summed E-state index contributed by atoms with van der Waals surface area (Å²) >= 11 is 0. The van der Waals surface area contributed by atoms with Crippen LogP contribution < -0.4 is 20.5 Å². The van der Waals surface area contributed by atoms with E-state index in [1.54, 1.807) is 16.8 Å². The maximum Gasteiger partial charge on any atom is 0.255 e. The molecule has 3 N–H and O–H groups in total. The molecule has 3 aromatic rings. The van der Waals surface area contributed by atoms with E-state index in [2.05, 4.69) is 20.4 Å². The van der Waals surface area contributed by atoms with Crippen LogP contribution in [0.1, 0.15) is 40.5 Å². The van der Waals surface area contributed by atoms with E-state index in [0.29, 0.717) is 23.3 Å². The Hall–Kier alpha value is -3.95. The van der Waals surface area contributed by atoms with Crippen molar-refractivity contribution in [3.8, 4) is 17.4 Å². The topological polar surface area (TPSA) is 134 Å². The molecule has 0 saturated heterocycles. The van der Waals surface area contributed by atoms with Crippen LogP contribution in [0.4, 0.5) is 5.82 Å². The number of carbonyl (C=O) groups excluding carboxylic acids is 2. The van der Waals surface area contributed by atoms with Crippen LogP contribution in [0.3, 0.4) is 0 Å². The van der Waals surface area contributed by atoms with Gasteiger partial charge < -0.3 is 20.5 Å². The summed E-state index contributed by atoms with van der Waals surface area (Å²) in [5.74, 6) is 0.827. The van der Waals surface area contributed by atoms with Gasteiger partial charge in [-0.1, -0.05) is 6.07 Å². The summed E-state index contributed by atoms with van der Waals surface area (Å²) in [4.78, 5) is 32.7. The number of primary amides is 1. The number of nitrogens with two attached hydrogens (primary N) is 1. The van der Waals surface area contributed by atoms with Gasteiger partial charge in [0.05, 0.1) is 12.8 Å². The van der Waals surface area contributed by atoms with Gasteiger partial charge in [-0.25, -0.2) is 9.97 Å². The summed E-state index contributed by atoms with van der Waals surface area (Å²) < 4.78 is 12.4. The van der Waals surface area contributed by atoms with E-state index in [9.17, 15) is 9.59 Å². The average molecular weight is 436 g/mol. The van der Waals surface area contributed by atoms with Crippen LogP contribution in [-0.2, 0) is 9.59 Å². The normalized spacial score (nSPS) is 15.1. The fourth-order valence-electron chi connectivity index (χ4n) is 3.95. The molecule has 10 heteroatoms. The van der Waals surface area contributed by atoms with Crippen molar-refractivity contribution in [3.63, 3.8) is 0 Å². The van der Waals surface area contributed by atoms with Crippen molar-refractivity contribution in [2.45, 2.75) is 33.1 Å². The number of aromatic nitrogens is 4. The molecule has 0 radical (unpaired) electrons. The Morgan fingerprint density at radius 3 is 2.56 bits per heavy atom. The quantitative estimate of drug-likeness (QED) is 0.603. The summed E-state index contributed by atoms with van der Waals surface area (Å²) in [6.45, 7) is 5.41. The molecule has 2 amide bonds. The number of nitrogens with one attached hydrogen (secondary N) is 1. The third-order valence-electron chi connectivity index (χ3n) is 5.22. The Morgan fingerprint density at radius 1 is 1.19 bits per heavy atom. The highest BCUT2D eigenvalue weighted by Crippen LogP contribution is 2.42. The lowest BCUT2D eigenvalue weighted by atomic mass is 9.85. The number of amides is 2. The van der Waals surface area contributed by atoms with Gasteiger partial charge in [0.2, 0.25) is 5.91 Å². The zero-order chi connectivity index (χ0) is 23.0. The van der Waals surface area contributed by atoms with Crippen LogP contribution in [0.25, 0.3) is 5.95 Å². The van der Waals surface area contributed by atoms with E-state index < -0.39 is 5.91 Å². The van der Waals surface area contributed by atoms with Crippen molar-refractivity contribution in [2.24, 2.45) is 5.73 Å². The van der Waals surface area contributed by atoms with Gasteiger partial charge in [-0.15, -0.1) is 0 Å². The van der Waals surface area contributed by atoms with Crippen molar-refractivity contribution < 1.29 is 19.1 Å². The van der Waals surface area contributed by atoms with Gasteiger partial charge in [-0.05, 0) is 44.5 Å². The number of hydrogen-bond donors (Lipinski definition) is 2. The van der Waals surface area contributed by atoms with Crippen LogP contribution in [0.2, 0.25) is 0 Å². The number of aryl methyl sites for hydroxylation is 3. The van der Waals surface area contributed by atoms with E-state index in [0.717, 1.165) is 28.2 Å². The first kappa shape index (κ1) is 21.3. The van der Waals surface area contributed by atoms with Gasteiger partial charge in [0.15, 0.2) is 18.1 Å². The Bertz CT molecular complexity index is 1200. The molecule has 0 aliphatic carbocycles. The largest absolute Gasteiger partial charge is 0.493 e. The molecule has 0 bridgehead atoms. The molecule has 1 aliphatic rings. The van der Waals surface area contributed by atoms with Crippen molar-refractivity contribution in [3.05, 3.63) is 52.5 Å². The molecule has 3 heterocycles. The molecule has 0 saturated carbocycles. The molecule has 0 fully saturated rings. The van der Waals surface area contributed by atoms with Crippen LogP contribution >= 0.6 is 0 Å². The zero-order valence-electron chi connectivity index (χ0n) is 18.3. The highest BCUT2D eigenvalue weighted by Gasteiger charge is 2.33. The van der Waals surface area contributed by atoms with Gasteiger partial charge in [-0.2, -0.15) is 9.78 Å². The molecule has 1 aliphatic heterocycles. The summed E-state index contributed by atoms with van der Waals surface area (Å²) in [5.41, 5.74) is 9.29. The lowest BCUT2D eigenvalue weighted by Gasteiger charge is -2.25. The van der Waals surface area contributed by atoms with E-state index in [1.165, 1.54) is 7.11 Å². The monoisotopic (exact) mass is 436 g/mol. The van der Waals surface area contributed by atoms with E-state index in [-0.39, 0.29) is 24.9 Å². The highest BCUT2D eigenvalue weighted by atomic mass is 16.5. The standard InChI is InChI=1S/C22H24N6O4/c1-11-7-12(2)25-22(24-11)28-21-20(13(3)27-28)15(9-19(30)26-21)14-5-6-16(17(8-14)31-4)32-10-18(23)29/h5-8,15H,9-10H2,1-4H3,(H2,23,29)(H,26,30)/t15-/m0/s1. The average Bonchev–Trinajstić information content (AvgIpc) is 3.07. The third-order valence-corrected chi connectivity index (χ3v) is 5.22. The lowest BCUT2D eigenvalue weighted by Crippen LogP contribution is -2.25. The molecule has 0 spiro atoms. The Balaban J connectivity index is 1.78. The second-order valence-electron chi connectivity index (χ2n) is 7.68. The summed E-state index contributed by atoms with van der Waals surface area (Å²) in [6, 6.07) is 7.22. The van der Waals surface area contributed by atoms with Crippen molar-refractivity contribution in [1.82, 2.24) is 19.7 Å². The van der Waals surface area contributed by atoms with Crippen molar-refractivity contribution >= 4 is 17.6 Å². The lowest BCUT2D eigenvalue weighted by molar-refractivity contribution is -0.120. The number of ether oxygens (including phenoxy) is 2. The van der Waals surface area contributed by atoms with Crippen LogP contribution in [0.15, 0.2) is 24.3 Å². The van der Waals surface area contributed by atoms with E-state index >= 15 is 0 Å². The number of hydrogen-bond acceptors (Lipinski definition) is 7. The Labute approximate surface area is 184 Å². The smallest absolute Gasteiger partial charge is 0.255 e. The van der Waals surface area contributed by atoms with Crippen LogP contribution in [0.5, 0.6) is 11.5 Å². The van der Waals surface area contributed by atoms with Gasteiger partial charge in [0.25, 0.3) is 11.9 Å². The van der Waals surface area contributed by atoms with Crippen LogP contribution in [0, 0.1) is 20.8 Å². The number of benzene rings is 1. The Kier molecular flexibility index (Phi) is 5.52. The van der Waals surface area contributed by atoms with E-state index in [1.807, 2.05) is 32.9 Å². The molecule has 4 rings (SSSR count). The fourth-order valence-corrected chi connectivity index (χ4v) is 3.95. The molecule has 10 nitrogen and oxygen atoms in total. The third kappa shape index (κ3) is 3.98. The summed E-state index contributed by atoms with van der Waals surface area (Å²) in [6.07, 6.45) is 0.248. The van der Waals surface area contributed by atoms with E-state index in [4.69, 9.17) is 15.2 Å². The molecule has 0 unspecified atom stereocenters. The predicted octanol–water partition coefficient (Wildman–Crippen LogP) is 1.93.